The normalized spacial score (nSPS) is 23.8. The lowest BCUT2D eigenvalue weighted by Crippen LogP contribution is -2.49. The largest absolute Gasteiger partial charge is 0.388 e. The zero-order chi connectivity index (χ0) is 18.0. The van der Waals surface area contributed by atoms with Gasteiger partial charge in [-0.15, -0.1) is 0 Å². The standard InChI is InChI=1S/C19H27N5O2/c1-23-14-21-11-18(23)17-10-20-9-16(22-17)15-3-2-6-24(12-15)13-19(25)4-7-26-8-5-19/h9-11,14-15,25H,2-8,12-13H2,1H3/t15-/m0/s1. The van der Waals surface area contributed by atoms with Crippen LogP contribution in [0.5, 0.6) is 0 Å². The number of rotatable bonds is 4. The van der Waals surface area contributed by atoms with Crippen molar-refractivity contribution in [1.82, 2.24) is 24.4 Å². The molecular weight excluding hydrogens is 330 g/mol. The van der Waals surface area contributed by atoms with Crippen LogP contribution in [0.25, 0.3) is 11.4 Å². The molecule has 0 bridgehead atoms. The Morgan fingerprint density at radius 2 is 2.08 bits per heavy atom. The minimum atomic E-state index is -0.609. The number of aromatic nitrogens is 4. The topological polar surface area (TPSA) is 76.3 Å². The Morgan fingerprint density at radius 3 is 2.85 bits per heavy atom. The van der Waals surface area contributed by atoms with E-state index in [0.717, 1.165) is 62.4 Å². The first-order valence-corrected chi connectivity index (χ1v) is 9.44. The van der Waals surface area contributed by atoms with Gasteiger partial charge in [0.2, 0.25) is 0 Å². The fourth-order valence-corrected chi connectivity index (χ4v) is 4.07. The van der Waals surface area contributed by atoms with E-state index in [-0.39, 0.29) is 0 Å². The Hall–Kier alpha value is -1.83. The number of piperidine rings is 1. The molecule has 2 aromatic heterocycles. The van der Waals surface area contributed by atoms with Crippen LogP contribution >= 0.6 is 0 Å². The lowest BCUT2D eigenvalue weighted by molar-refractivity contribution is -0.0824. The minimum Gasteiger partial charge on any atom is -0.388 e. The van der Waals surface area contributed by atoms with Gasteiger partial charge >= 0.3 is 0 Å². The molecule has 2 aliphatic rings. The molecule has 140 valence electrons. The number of hydrogen-bond acceptors (Lipinski definition) is 6. The number of imidazole rings is 1. The molecule has 2 saturated heterocycles. The van der Waals surface area contributed by atoms with Crippen LogP contribution in [0.1, 0.15) is 37.3 Å². The predicted molar refractivity (Wildman–Crippen MR) is 97.7 cm³/mol. The summed E-state index contributed by atoms with van der Waals surface area (Å²) < 4.78 is 7.36. The highest BCUT2D eigenvalue weighted by Gasteiger charge is 2.34. The van der Waals surface area contributed by atoms with Crippen molar-refractivity contribution in [3.8, 4) is 11.4 Å². The zero-order valence-corrected chi connectivity index (χ0v) is 15.3. The number of hydrogen-bond donors (Lipinski definition) is 1. The summed E-state index contributed by atoms with van der Waals surface area (Å²) in [5.41, 5.74) is 2.26. The Bertz CT molecular complexity index is 741. The van der Waals surface area contributed by atoms with Crippen molar-refractivity contribution in [2.45, 2.75) is 37.2 Å². The number of nitrogens with zero attached hydrogens (tertiary/aromatic N) is 5. The summed E-state index contributed by atoms with van der Waals surface area (Å²) in [5.74, 6) is 0.355. The lowest BCUT2D eigenvalue weighted by Gasteiger charge is -2.40. The van der Waals surface area contributed by atoms with Crippen molar-refractivity contribution in [3.63, 3.8) is 0 Å². The number of aryl methyl sites for hydroxylation is 1. The smallest absolute Gasteiger partial charge is 0.107 e. The molecule has 4 rings (SSSR count). The molecule has 1 N–H and O–H groups in total. The van der Waals surface area contributed by atoms with Crippen molar-refractivity contribution in [2.75, 3.05) is 32.8 Å². The van der Waals surface area contributed by atoms with Gasteiger partial charge < -0.3 is 14.4 Å². The Balaban J connectivity index is 1.47. The van der Waals surface area contributed by atoms with E-state index < -0.39 is 5.60 Å². The SMILES string of the molecule is Cn1cncc1-c1cncc([C@H]2CCCN(CC3(O)CCOCC3)C2)n1. The predicted octanol–water partition coefficient (Wildman–Crippen LogP) is 1.60. The molecule has 0 amide bonds. The van der Waals surface area contributed by atoms with E-state index in [4.69, 9.17) is 9.72 Å². The van der Waals surface area contributed by atoms with E-state index >= 15 is 0 Å². The maximum atomic E-state index is 10.8. The van der Waals surface area contributed by atoms with Crippen molar-refractivity contribution in [2.24, 2.45) is 7.05 Å². The second-order valence-corrected chi connectivity index (χ2v) is 7.63. The molecule has 2 fully saturated rings. The van der Waals surface area contributed by atoms with Crippen LogP contribution in [0.15, 0.2) is 24.9 Å². The fourth-order valence-electron chi connectivity index (χ4n) is 4.07. The van der Waals surface area contributed by atoms with Crippen molar-refractivity contribution in [3.05, 3.63) is 30.6 Å². The summed E-state index contributed by atoms with van der Waals surface area (Å²) in [6, 6.07) is 0. The molecule has 0 radical (unpaired) electrons. The fraction of sp³-hybridized carbons (Fsp3) is 0.632. The third kappa shape index (κ3) is 3.79. The van der Waals surface area contributed by atoms with E-state index in [0.29, 0.717) is 19.1 Å². The molecule has 0 spiro atoms. The summed E-state index contributed by atoms with van der Waals surface area (Å²) in [6.07, 6.45) is 11.0. The van der Waals surface area contributed by atoms with Gasteiger partial charge in [0.25, 0.3) is 0 Å². The minimum absolute atomic E-state index is 0.355. The second-order valence-electron chi connectivity index (χ2n) is 7.63. The van der Waals surface area contributed by atoms with Crippen LogP contribution in [0, 0.1) is 0 Å². The molecule has 0 saturated carbocycles. The maximum absolute atomic E-state index is 10.8. The van der Waals surface area contributed by atoms with E-state index in [9.17, 15) is 5.11 Å². The molecule has 2 aromatic rings. The van der Waals surface area contributed by atoms with Crippen LogP contribution in [0.4, 0.5) is 0 Å². The van der Waals surface area contributed by atoms with Crippen LogP contribution < -0.4 is 0 Å². The quantitative estimate of drug-likeness (QED) is 0.896. The number of β-amino-alcohol motifs (C(OH)–C–C–N with tert-alkyl or cyclic N) is 1. The van der Waals surface area contributed by atoms with Gasteiger partial charge in [-0.1, -0.05) is 0 Å². The van der Waals surface area contributed by atoms with E-state index in [1.54, 1.807) is 12.5 Å². The second kappa shape index (κ2) is 7.42. The maximum Gasteiger partial charge on any atom is 0.107 e. The van der Waals surface area contributed by atoms with E-state index in [2.05, 4.69) is 14.9 Å². The van der Waals surface area contributed by atoms with Crippen molar-refractivity contribution < 1.29 is 9.84 Å². The van der Waals surface area contributed by atoms with Crippen LogP contribution in [-0.2, 0) is 11.8 Å². The van der Waals surface area contributed by atoms with Crippen molar-refractivity contribution >= 4 is 0 Å². The monoisotopic (exact) mass is 357 g/mol. The highest BCUT2D eigenvalue weighted by molar-refractivity contribution is 5.52. The number of aliphatic hydroxyl groups is 1. The average molecular weight is 357 g/mol. The highest BCUT2D eigenvalue weighted by Crippen LogP contribution is 2.29. The molecule has 0 aliphatic carbocycles. The first-order valence-electron chi connectivity index (χ1n) is 9.44. The molecule has 7 nitrogen and oxygen atoms in total. The number of likely N-dealkylation sites (tertiary alicyclic amines) is 1. The molecule has 26 heavy (non-hydrogen) atoms. The molecule has 0 aromatic carbocycles. The summed E-state index contributed by atoms with van der Waals surface area (Å²) >= 11 is 0. The third-order valence-electron chi connectivity index (χ3n) is 5.60. The van der Waals surface area contributed by atoms with Gasteiger partial charge in [-0.2, -0.15) is 0 Å². The summed E-state index contributed by atoms with van der Waals surface area (Å²) in [5, 5.41) is 10.8. The van der Waals surface area contributed by atoms with Crippen LogP contribution in [0.3, 0.4) is 0 Å². The van der Waals surface area contributed by atoms with Gasteiger partial charge in [-0.25, -0.2) is 9.97 Å². The van der Waals surface area contributed by atoms with E-state index in [1.165, 1.54) is 0 Å². The molecule has 4 heterocycles. The molecule has 7 heteroatoms. The summed E-state index contributed by atoms with van der Waals surface area (Å²) in [6.45, 7) is 4.00. The first kappa shape index (κ1) is 17.6. The Labute approximate surface area is 154 Å². The lowest BCUT2D eigenvalue weighted by atomic mass is 9.90. The molecule has 2 aliphatic heterocycles. The van der Waals surface area contributed by atoms with Gasteiger partial charge in [0, 0.05) is 58.3 Å². The summed E-state index contributed by atoms with van der Waals surface area (Å²) in [4.78, 5) is 15.8. The van der Waals surface area contributed by atoms with Gasteiger partial charge in [0.05, 0.1) is 35.7 Å². The highest BCUT2D eigenvalue weighted by atomic mass is 16.5. The summed E-state index contributed by atoms with van der Waals surface area (Å²) in [7, 11) is 1.97. The van der Waals surface area contributed by atoms with Gasteiger partial charge in [0.1, 0.15) is 5.69 Å². The Morgan fingerprint density at radius 1 is 1.23 bits per heavy atom. The van der Waals surface area contributed by atoms with Gasteiger partial charge in [0.15, 0.2) is 0 Å². The first-order chi connectivity index (χ1) is 12.6. The van der Waals surface area contributed by atoms with Crippen molar-refractivity contribution in [1.29, 1.82) is 0 Å². The van der Waals surface area contributed by atoms with Crippen LogP contribution in [0.2, 0.25) is 0 Å². The average Bonchev–Trinajstić information content (AvgIpc) is 3.08. The number of ether oxygens (including phenoxy) is 1. The zero-order valence-electron chi connectivity index (χ0n) is 15.3. The van der Waals surface area contributed by atoms with Crippen LogP contribution in [-0.4, -0.2) is 68.0 Å². The molecule has 0 unspecified atom stereocenters. The Kier molecular flexibility index (Phi) is 5.02. The van der Waals surface area contributed by atoms with Gasteiger partial charge in [-0.05, 0) is 19.4 Å². The molecule has 1 atom stereocenters. The molecular formula is C19H27N5O2. The van der Waals surface area contributed by atoms with Gasteiger partial charge in [-0.3, -0.25) is 9.88 Å². The van der Waals surface area contributed by atoms with E-state index in [1.807, 2.05) is 24.0 Å². The third-order valence-corrected chi connectivity index (χ3v) is 5.60.